The number of rotatable bonds is 9. The van der Waals surface area contributed by atoms with Crippen LogP contribution in [0.1, 0.15) is 49.7 Å². The fourth-order valence-corrected chi connectivity index (χ4v) is 3.29. The van der Waals surface area contributed by atoms with Gasteiger partial charge in [-0.15, -0.1) is 0 Å². The van der Waals surface area contributed by atoms with Gasteiger partial charge in [-0.2, -0.15) is 0 Å². The van der Waals surface area contributed by atoms with Crippen LogP contribution in [0.4, 0.5) is 0 Å². The molecule has 0 amide bonds. The summed E-state index contributed by atoms with van der Waals surface area (Å²) in [5, 5.41) is 6.74. The van der Waals surface area contributed by atoms with Crippen LogP contribution in [0, 0.1) is 0 Å². The monoisotopic (exact) mass is 360 g/mol. The van der Waals surface area contributed by atoms with E-state index in [1.165, 1.54) is 43.2 Å². The van der Waals surface area contributed by atoms with E-state index in [-0.39, 0.29) is 0 Å². The molecule has 0 saturated heterocycles. The second kappa shape index (κ2) is 11.9. The topological polar surface area (TPSA) is 48.9 Å². The summed E-state index contributed by atoms with van der Waals surface area (Å²) in [6.45, 7) is 3.47. The third-order valence-electron chi connectivity index (χ3n) is 4.72. The lowest BCUT2D eigenvalue weighted by Crippen LogP contribution is -2.37. The number of benzene rings is 1. The highest BCUT2D eigenvalue weighted by Gasteiger charge is 2.12. The third kappa shape index (κ3) is 8.19. The minimum Gasteiger partial charge on any atom is -0.378 e. The van der Waals surface area contributed by atoms with Crippen molar-refractivity contribution in [3.63, 3.8) is 0 Å². The molecule has 0 heterocycles. The van der Waals surface area contributed by atoms with Gasteiger partial charge in [0.1, 0.15) is 0 Å². The normalized spacial score (nSPS) is 16.1. The van der Waals surface area contributed by atoms with Gasteiger partial charge in [0.15, 0.2) is 5.96 Å². The Morgan fingerprint density at radius 3 is 2.42 bits per heavy atom. The molecule has 0 radical (unpaired) electrons. The molecule has 0 atom stereocenters. The maximum Gasteiger partial charge on any atom is 0.191 e. The number of ether oxygens (including phenoxy) is 1. The molecule has 1 fully saturated rings. The molecule has 1 aromatic rings. The van der Waals surface area contributed by atoms with Crippen molar-refractivity contribution in [2.24, 2.45) is 4.99 Å². The average molecular weight is 361 g/mol. The first-order valence-electron chi connectivity index (χ1n) is 9.96. The number of guanidine groups is 1. The van der Waals surface area contributed by atoms with Crippen molar-refractivity contribution in [2.45, 2.75) is 57.7 Å². The molecule has 5 nitrogen and oxygen atoms in total. The van der Waals surface area contributed by atoms with Crippen LogP contribution in [0.5, 0.6) is 0 Å². The van der Waals surface area contributed by atoms with Gasteiger partial charge in [-0.1, -0.05) is 43.5 Å². The summed E-state index contributed by atoms with van der Waals surface area (Å²) in [6.07, 6.45) is 8.02. The molecule has 2 rings (SSSR count). The second-order valence-electron chi connectivity index (χ2n) is 7.39. The van der Waals surface area contributed by atoms with Crippen molar-refractivity contribution in [1.29, 1.82) is 0 Å². The minimum atomic E-state index is 0.497. The SMILES string of the molecule is CN=C(NCCCOC1CCCCC1)NCc1ccc(CN(C)C)cc1. The lowest BCUT2D eigenvalue weighted by Gasteiger charge is -2.22. The molecule has 2 N–H and O–H groups in total. The van der Waals surface area contributed by atoms with E-state index in [4.69, 9.17) is 4.74 Å². The first-order valence-corrected chi connectivity index (χ1v) is 9.96. The van der Waals surface area contributed by atoms with Gasteiger partial charge in [-0.25, -0.2) is 0 Å². The van der Waals surface area contributed by atoms with Gasteiger partial charge < -0.3 is 20.3 Å². The molecule has 146 valence electrons. The maximum atomic E-state index is 5.96. The van der Waals surface area contributed by atoms with E-state index in [1.807, 2.05) is 7.05 Å². The summed E-state index contributed by atoms with van der Waals surface area (Å²) >= 11 is 0. The van der Waals surface area contributed by atoms with E-state index < -0.39 is 0 Å². The third-order valence-corrected chi connectivity index (χ3v) is 4.72. The van der Waals surface area contributed by atoms with Crippen LogP contribution in [-0.2, 0) is 17.8 Å². The van der Waals surface area contributed by atoms with Crippen LogP contribution in [0.25, 0.3) is 0 Å². The van der Waals surface area contributed by atoms with E-state index in [2.05, 4.69) is 58.9 Å². The largest absolute Gasteiger partial charge is 0.378 e. The van der Waals surface area contributed by atoms with Crippen molar-refractivity contribution in [3.05, 3.63) is 35.4 Å². The summed E-state index contributed by atoms with van der Waals surface area (Å²) in [5.41, 5.74) is 2.59. The highest BCUT2D eigenvalue weighted by Crippen LogP contribution is 2.20. The molecule has 0 aromatic heterocycles. The summed E-state index contributed by atoms with van der Waals surface area (Å²) < 4.78 is 5.96. The summed E-state index contributed by atoms with van der Waals surface area (Å²) in [6, 6.07) is 8.74. The number of aliphatic imine (C=N–C) groups is 1. The first-order chi connectivity index (χ1) is 12.7. The van der Waals surface area contributed by atoms with Gasteiger partial charge in [0.25, 0.3) is 0 Å². The summed E-state index contributed by atoms with van der Waals surface area (Å²) in [5.74, 6) is 0.847. The smallest absolute Gasteiger partial charge is 0.191 e. The van der Waals surface area contributed by atoms with Gasteiger partial charge in [0, 0.05) is 33.3 Å². The molecular weight excluding hydrogens is 324 g/mol. The average Bonchev–Trinajstić information content (AvgIpc) is 2.65. The lowest BCUT2D eigenvalue weighted by molar-refractivity contribution is 0.0277. The Morgan fingerprint density at radius 1 is 1.08 bits per heavy atom. The van der Waals surface area contributed by atoms with Crippen molar-refractivity contribution in [1.82, 2.24) is 15.5 Å². The molecule has 0 aliphatic heterocycles. The van der Waals surface area contributed by atoms with Crippen LogP contribution < -0.4 is 10.6 Å². The molecule has 1 aliphatic carbocycles. The van der Waals surface area contributed by atoms with E-state index in [9.17, 15) is 0 Å². The first kappa shape index (κ1) is 20.7. The summed E-state index contributed by atoms with van der Waals surface area (Å²) in [7, 11) is 5.99. The fourth-order valence-electron chi connectivity index (χ4n) is 3.29. The molecule has 0 unspecified atom stereocenters. The Hall–Kier alpha value is -1.59. The Morgan fingerprint density at radius 2 is 1.77 bits per heavy atom. The molecule has 5 heteroatoms. The van der Waals surface area contributed by atoms with Crippen molar-refractivity contribution >= 4 is 5.96 Å². The van der Waals surface area contributed by atoms with E-state index >= 15 is 0 Å². The highest BCUT2D eigenvalue weighted by atomic mass is 16.5. The molecular formula is C21H36N4O. The zero-order valence-corrected chi connectivity index (χ0v) is 16.8. The van der Waals surface area contributed by atoms with Gasteiger partial charge in [0.2, 0.25) is 0 Å². The van der Waals surface area contributed by atoms with E-state index in [0.29, 0.717) is 6.10 Å². The molecule has 1 aromatic carbocycles. The molecule has 0 spiro atoms. The van der Waals surface area contributed by atoms with Crippen LogP contribution in [0.2, 0.25) is 0 Å². The molecule has 0 bridgehead atoms. The zero-order valence-electron chi connectivity index (χ0n) is 16.8. The highest BCUT2D eigenvalue weighted by molar-refractivity contribution is 5.79. The zero-order chi connectivity index (χ0) is 18.6. The number of hydrogen-bond acceptors (Lipinski definition) is 3. The van der Waals surface area contributed by atoms with Gasteiger partial charge >= 0.3 is 0 Å². The second-order valence-corrected chi connectivity index (χ2v) is 7.39. The lowest BCUT2D eigenvalue weighted by atomic mass is 9.98. The van der Waals surface area contributed by atoms with Crippen molar-refractivity contribution < 1.29 is 4.74 Å². The van der Waals surface area contributed by atoms with Gasteiger partial charge in [0.05, 0.1) is 6.10 Å². The Labute approximate surface area is 159 Å². The van der Waals surface area contributed by atoms with Gasteiger partial charge in [-0.05, 0) is 44.5 Å². The van der Waals surface area contributed by atoms with Crippen LogP contribution in [0.3, 0.4) is 0 Å². The summed E-state index contributed by atoms with van der Waals surface area (Å²) in [4.78, 5) is 6.47. The predicted molar refractivity (Wildman–Crippen MR) is 109 cm³/mol. The molecule has 26 heavy (non-hydrogen) atoms. The standard InChI is InChI=1S/C21H36N4O/c1-22-21(23-14-7-15-26-20-8-5-4-6-9-20)24-16-18-10-12-19(13-11-18)17-25(2)3/h10-13,20H,4-9,14-17H2,1-3H3,(H2,22,23,24). The molecule has 1 saturated carbocycles. The van der Waals surface area contributed by atoms with Crippen molar-refractivity contribution in [3.8, 4) is 0 Å². The van der Waals surface area contributed by atoms with Crippen LogP contribution in [0.15, 0.2) is 29.3 Å². The fraction of sp³-hybridized carbons (Fsp3) is 0.667. The maximum absolute atomic E-state index is 5.96. The Balaban J connectivity index is 1.59. The number of nitrogens with zero attached hydrogens (tertiary/aromatic N) is 2. The van der Waals surface area contributed by atoms with E-state index in [1.54, 1.807) is 0 Å². The quantitative estimate of drug-likeness (QED) is 0.403. The predicted octanol–water partition coefficient (Wildman–Crippen LogP) is 3.15. The van der Waals surface area contributed by atoms with Crippen molar-refractivity contribution in [2.75, 3.05) is 34.3 Å². The van der Waals surface area contributed by atoms with Crippen LogP contribution in [-0.4, -0.2) is 51.3 Å². The Kier molecular flexibility index (Phi) is 9.50. The number of nitrogens with one attached hydrogen (secondary N) is 2. The van der Waals surface area contributed by atoms with Gasteiger partial charge in [-0.3, -0.25) is 4.99 Å². The molecule has 1 aliphatic rings. The van der Waals surface area contributed by atoms with E-state index in [0.717, 1.165) is 38.6 Å². The van der Waals surface area contributed by atoms with Crippen LogP contribution >= 0.6 is 0 Å². The number of hydrogen-bond donors (Lipinski definition) is 2. The minimum absolute atomic E-state index is 0.497. The Bertz CT molecular complexity index is 521.